The first-order valence-corrected chi connectivity index (χ1v) is 11.2. The van der Waals surface area contributed by atoms with Gasteiger partial charge in [0.25, 0.3) is 5.91 Å². The van der Waals surface area contributed by atoms with E-state index in [1.807, 2.05) is 14.1 Å². The highest BCUT2D eigenvalue weighted by Gasteiger charge is 2.31. The van der Waals surface area contributed by atoms with Gasteiger partial charge in [-0.2, -0.15) is 5.10 Å². The Kier molecular flexibility index (Phi) is 5.86. The Morgan fingerprint density at radius 2 is 1.74 bits per heavy atom. The Labute approximate surface area is 163 Å². The van der Waals surface area contributed by atoms with E-state index in [2.05, 4.69) is 10.00 Å². The van der Waals surface area contributed by atoms with Crippen LogP contribution in [0, 0.1) is 5.92 Å². The van der Waals surface area contributed by atoms with Crippen molar-refractivity contribution >= 4 is 5.91 Å². The third-order valence-corrected chi connectivity index (χ3v) is 6.94. The Hall–Kier alpha value is -1.36. The first-order valence-electron chi connectivity index (χ1n) is 11.2. The number of aromatic nitrogens is 2. The van der Waals surface area contributed by atoms with E-state index in [1.165, 1.54) is 75.5 Å². The molecule has 1 heterocycles. The van der Waals surface area contributed by atoms with Gasteiger partial charge < -0.3 is 10.2 Å². The number of hydrogen-bond donors (Lipinski definition) is 1. The van der Waals surface area contributed by atoms with Crippen LogP contribution in [0.25, 0.3) is 0 Å². The van der Waals surface area contributed by atoms with Gasteiger partial charge in [-0.25, -0.2) is 0 Å². The zero-order valence-electron chi connectivity index (χ0n) is 17.2. The van der Waals surface area contributed by atoms with Crippen molar-refractivity contribution in [2.45, 2.75) is 95.7 Å². The van der Waals surface area contributed by atoms with E-state index in [0.717, 1.165) is 25.3 Å². The minimum absolute atomic E-state index is 0.0650. The van der Waals surface area contributed by atoms with Gasteiger partial charge in [0, 0.05) is 44.0 Å². The topological polar surface area (TPSA) is 50.2 Å². The summed E-state index contributed by atoms with van der Waals surface area (Å²) >= 11 is 0. The molecule has 2 fully saturated rings. The van der Waals surface area contributed by atoms with Crippen molar-refractivity contribution in [3.8, 4) is 0 Å². The van der Waals surface area contributed by atoms with Crippen molar-refractivity contribution < 1.29 is 4.79 Å². The fourth-order valence-electron chi connectivity index (χ4n) is 5.40. The maximum Gasteiger partial charge on any atom is 0.274 e. The summed E-state index contributed by atoms with van der Waals surface area (Å²) in [5.74, 6) is 0.801. The van der Waals surface area contributed by atoms with E-state index in [0.29, 0.717) is 17.8 Å². The molecule has 0 saturated heterocycles. The smallest absolute Gasteiger partial charge is 0.274 e. The Balaban J connectivity index is 1.54. The summed E-state index contributed by atoms with van der Waals surface area (Å²) in [4.78, 5) is 14.5. The van der Waals surface area contributed by atoms with Gasteiger partial charge in [0.05, 0.1) is 0 Å². The lowest BCUT2D eigenvalue weighted by atomic mass is 9.88. The number of amides is 1. The summed E-state index contributed by atoms with van der Waals surface area (Å²) in [6, 6.07) is 1.18. The number of fused-ring (bicyclic) bond motifs is 1. The standard InChI is InChI=1S/C22H36N4O/c1-25(2)22(27)21-19-14-18(23-17-10-6-7-11-17)12-13-20(19)26(24-21)15-16-8-4-3-5-9-16/h16-18,23H,3-15H2,1-2H3/t18-/m1/s1. The van der Waals surface area contributed by atoms with Crippen LogP contribution in [0.4, 0.5) is 0 Å². The van der Waals surface area contributed by atoms with Crippen LogP contribution in [0.5, 0.6) is 0 Å². The van der Waals surface area contributed by atoms with Gasteiger partial charge in [-0.3, -0.25) is 9.48 Å². The fraction of sp³-hybridized carbons (Fsp3) is 0.818. The van der Waals surface area contributed by atoms with Gasteiger partial charge >= 0.3 is 0 Å². The third-order valence-electron chi connectivity index (χ3n) is 6.94. The Bertz CT molecular complexity index is 654. The lowest BCUT2D eigenvalue weighted by molar-refractivity contribution is 0.0819. The molecule has 0 aromatic carbocycles. The van der Waals surface area contributed by atoms with E-state index in [1.54, 1.807) is 4.90 Å². The minimum Gasteiger partial charge on any atom is -0.343 e. The largest absolute Gasteiger partial charge is 0.343 e. The van der Waals surface area contributed by atoms with Gasteiger partial charge in [0.2, 0.25) is 0 Å². The van der Waals surface area contributed by atoms with Crippen LogP contribution >= 0.6 is 0 Å². The normalized spacial score (nSPS) is 24.1. The molecule has 0 aliphatic heterocycles. The molecule has 150 valence electrons. The molecule has 0 spiro atoms. The Morgan fingerprint density at radius 1 is 1.04 bits per heavy atom. The lowest BCUT2D eigenvalue weighted by Crippen LogP contribution is -2.41. The van der Waals surface area contributed by atoms with Crippen LogP contribution < -0.4 is 5.32 Å². The average molecular weight is 373 g/mol. The highest BCUT2D eigenvalue weighted by atomic mass is 16.2. The second-order valence-corrected chi connectivity index (χ2v) is 9.25. The molecule has 27 heavy (non-hydrogen) atoms. The second-order valence-electron chi connectivity index (χ2n) is 9.25. The number of carbonyl (C=O) groups is 1. The predicted molar refractivity (Wildman–Crippen MR) is 108 cm³/mol. The monoisotopic (exact) mass is 372 g/mol. The van der Waals surface area contributed by atoms with Crippen molar-refractivity contribution in [2.75, 3.05) is 14.1 Å². The quantitative estimate of drug-likeness (QED) is 0.860. The van der Waals surface area contributed by atoms with Gasteiger partial charge in [-0.05, 0) is 50.9 Å². The van der Waals surface area contributed by atoms with Gasteiger partial charge in [0.1, 0.15) is 0 Å². The SMILES string of the molecule is CN(C)C(=O)c1nn(CC2CCCCC2)c2c1C[C@H](NC1CCCC1)CC2. The van der Waals surface area contributed by atoms with Crippen molar-refractivity contribution in [3.63, 3.8) is 0 Å². The van der Waals surface area contributed by atoms with Crippen LogP contribution in [-0.4, -0.2) is 46.8 Å². The van der Waals surface area contributed by atoms with Crippen LogP contribution in [0.3, 0.4) is 0 Å². The number of carbonyl (C=O) groups excluding carboxylic acids is 1. The highest BCUT2D eigenvalue weighted by molar-refractivity contribution is 5.93. The molecule has 1 aromatic rings. The number of hydrogen-bond acceptors (Lipinski definition) is 3. The maximum atomic E-state index is 12.8. The summed E-state index contributed by atoms with van der Waals surface area (Å²) < 4.78 is 2.22. The first-order chi connectivity index (χ1) is 13.1. The molecule has 2 saturated carbocycles. The van der Waals surface area contributed by atoms with E-state index in [-0.39, 0.29) is 5.91 Å². The second kappa shape index (κ2) is 8.34. The molecule has 1 amide bonds. The zero-order chi connectivity index (χ0) is 18.8. The molecule has 0 unspecified atom stereocenters. The summed E-state index contributed by atoms with van der Waals surface area (Å²) in [5.41, 5.74) is 3.28. The molecule has 3 aliphatic rings. The van der Waals surface area contributed by atoms with Crippen LogP contribution in [0.15, 0.2) is 0 Å². The summed E-state index contributed by atoms with van der Waals surface area (Å²) in [5, 5.41) is 8.75. The molecule has 3 aliphatic carbocycles. The van der Waals surface area contributed by atoms with Crippen molar-refractivity contribution in [3.05, 3.63) is 17.0 Å². The third kappa shape index (κ3) is 4.23. The van der Waals surface area contributed by atoms with E-state index in [4.69, 9.17) is 5.10 Å². The van der Waals surface area contributed by atoms with Gasteiger partial charge in [0.15, 0.2) is 5.69 Å². The molecule has 1 aromatic heterocycles. The van der Waals surface area contributed by atoms with Crippen LogP contribution in [-0.2, 0) is 19.4 Å². The summed E-state index contributed by atoms with van der Waals surface area (Å²) in [6.07, 6.45) is 15.3. The maximum absolute atomic E-state index is 12.8. The summed E-state index contributed by atoms with van der Waals surface area (Å²) in [6.45, 7) is 1.00. The summed E-state index contributed by atoms with van der Waals surface area (Å²) in [7, 11) is 3.68. The fourth-order valence-corrected chi connectivity index (χ4v) is 5.40. The molecular formula is C22H36N4O. The van der Waals surface area contributed by atoms with Gasteiger partial charge in [-0.1, -0.05) is 32.1 Å². The number of nitrogens with zero attached hydrogens (tertiary/aromatic N) is 3. The van der Waals surface area contributed by atoms with E-state index < -0.39 is 0 Å². The minimum atomic E-state index is 0.0650. The molecular weight excluding hydrogens is 336 g/mol. The van der Waals surface area contributed by atoms with Crippen molar-refractivity contribution in [1.29, 1.82) is 0 Å². The molecule has 5 nitrogen and oxygen atoms in total. The molecule has 5 heteroatoms. The van der Waals surface area contributed by atoms with Crippen molar-refractivity contribution in [1.82, 2.24) is 20.0 Å². The molecule has 1 N–H and O–H groups in total. The van der Waals surface area contributed by atoms with Crippen LogP contribution in [0.2, 0.25) is 0 Å². The Morgan fingerprint density at radius 3 is 2.44 bits per heavy atom. The zero-order valence-corrected chi connectivity index (χ0v) is 17.2. The molecule has 1 atom stereocenters. The molecule has 0 radical (unpaired) electrons. The first kappa shape index (κ1) is 19.0. The van der Waals surface area contributed by atoms with Crippen LogP contribution in [0.1, 0.15) is 86.0 Å². The highest BCUT2D eigenvalue weighted by Crippen LogP contribution is 2.30. The average Bonchev–Trinajstić information content (AvgIpc) is 3.30. The van der Waals surface area contributed by atoms with Crippen molar-refractivity contribution in [2.24, 2.45) is 5.92 Å². The van der Waals surface area contributed by atoms with E-state index >= 15 is 0 Å². The lowest BCUT2D eigenvalue weighted by Gasteiger charge is -2.28. The van der Waals surface area contributed by atoms with Gasteiger partial charge in [-0.15, -0.1) is 0 Å². The molecule has 0 bridgehead atoms. The van der Waals surface area contributed by atoms with E-state index in [9.17, 15) is 4.79 Å². The number of rotatable bonds is 5. The predicted octanol–water partition coefficient (Wildman–Crippen LogP) is 3.55. The number of nitrogens with one attached hydrogen (secondary N) is 1. The molecule has 4 rings (SSSR count).